The van der Waals surface area contributed by atoms with Crippen molar-refractivity contribution in [1.82, 2.24) is 4.98 Å². The van der Waals surface area contributed by atoms with E-state index in [0.717, 1.165) is 12.8 Å². The summed E-state index contributed by atoms with van der Waals surface area (Å²) in [7, 11) is 0. The number of hydrogen-bond donors (Lipinski definition) is 0. The van der Waals surface area contributed by atoms with Crippen LogP contribution in [0.3, 0.4) is 0 Å². The number of benzene rings is 1. The molecule has 0 unspecified atom stereocenters. The molecule has 0 aliphatic rings. The highest BCUT2D eigenvalue weighted by atomic mass is 19.1. The highest BCUT2D eigenvalue weighted by molar-refractivity contribution is 5.71. The minimum Gasteiger partial charge on any atom is -0.491 e. The van der Waals surface area contributed by atoms with Gasteiger partial charge >= 0.3 is 0 Å². The first-order valence-electron chi connectivity index (χ1n) is 8.54. The van der Waals surface area contributed by atoms with Gasteiger partial charge in [0.05, 0.1) is 12.3 Å². The zero-order valence-corrected chi connectivity index (χ0v) is 14.1. The number of aromatic nitrogens is 1. The zero-order chi connectivity index (χ0) is 17.2. The molecular weight excluding hydrogens is 303 g/mol. The van der Waals surface area contributed by atoms with Crippen molar-refractivity contribution in [3.05, 3.63) is 47.9 Å². The Balaban J connectivity index is 2.09. The summed E-state index contributed by atoms with van der Waals surface area (Å²) >= 11 is 0. The second kappa shape index (κ2) is 9.67. The lowest BCUT2D eigenvalue weighted by Gasteiger charge is -2.13. The second-order valence-electron chi connectivity index (χ2n) is 5.74. The van der Waals surface area contributed by atoms with Crippen molar-refractivity contribution in [1.29, 1.82) is 5.26 Å². The van der Waals surface area contributed by atoms with Gasteiger partial charge in [0.1, 0.15) is 23.2 Å². The minimum absolute atomic E-state index is 0.0517. The lowest BCUT2D eigenvalue weighted by Crippen LogP contribution is -2.03. The van der Waals surface area contributed by atoms with E-state index < -0.39 is 5.82 Å². The maximum atomic E-state index is 13.9. The second-order valence-corrected chi connectivity index (χ2v) is 5.74. The predicted octanol–water partition coefficient (Wildman–Crippen LogP) is 5.50. The highest BCUT2D eigenvalue weighted by Gasteiger charge is 2.16. The van der Waals surface area contributed by atoms with Crippen LogP contribution in [0.2, 0.25) is 0 Å². The third-order valence-corrected chi connectivity index (χ3v) is 3.90. The van der Waals surface area contributed by atoms with Gasteiger partial charge < -0.3 is 4.74 Å². The summed E-state index contributed by atoms with van der Waals surface area (Å²) in [6.45, 7) is 2.67. The molecule has 0 radical (unpaired) electrons. The minimum atomic E-state index is -0.560. The molecule has 3 nitrogen and oxygen atoms in total. The van der Waals surface area contributed by atoms with Crippen LogP contribution in [-0.2, 0) is 0 Å². The van der Waals surface area contributed by atoms with Crippen LogP contribution in [0.15, 0.2) is 36.5 Å². The van der Waals surface area contributed by atoms with E-state index in [0.29, 0.717) is 23.6 Å². The summed E-state index contributed by atoms with van der Waals surface area (Å²) in [5.74, 6) is -0.264. The maximum Gasteiger partial charge on any atom is 0.149 e. The predicted molar refractivity (Wildman–Crippen MR) is 93.2 cm³/mol. The van der Waals surface area contributed by atoms with Crippen molar-refractivity contribution in [3.63, 3.8) is 0 Å². The first-order chi connectivity index (χ1) is 11.8. The van der Waals surface area contributed by atoms with Crippen molar-refractivity contribution in [2.75, 3.05) is 6.61 Å². The molecule has 0 N–H and O–H groups in total. The lowest BCUT2D eigenvalue weighted by atomic mass is 10.1. The maximum absolute atomic E-state index is 13.9. The van der Waals surface area contributed by atoms with Gasteiger partial charge in [0, 0.05) is 11.8 Å². The molecule has 0 saturated heterocycles. The first kappa shape index (κ1) is 17.9. The zero-order valence-electron chi connectivity index (χ0n) is 14.1. The van der Waals surface area contributed by atoms with Gasteiger partial charge in [-0.25, -0.2) is 4.39 Å². The van der Waals surface area contributed by atoms with E-state index in [1.165, 1.54) is 31.7 Å². The molecule has 4 heteroatoms. The Morgan fingerprint density at radius 2 is 1.88 bits per heavy atom. The van der Waals surface area contributed by atoms with Crippen LogP contribution in [0.1, 0.15) is 51.0 Å². The number of hydrogen-bond acceptors (Lipinski definition) is 3. The van der Waals surface area contributed by atoms with Gasteiger partial charge in [-0.05, 0) is 30.7 Å². The summed E-state index contributed by atoms with van der Waals surface area (Å²) < 4.78 is 19.7. The Hall–Kier alpha value is -2.41. The van der Waals surface area contributed by atoms with Gasteiger partial charge in [-0.1, -0.05) is 45.1 Å². The van der Waals surface area contributed by atoms with Crippen molar-refractivity contribution >= 4 is 0 Å². The average molecular weight is 326 g/mol. The van der Waals surface area contributed by atoms with Crippen LogP contribution in [0.5, 0.6) is 5.75 Å². The van der Waals surface area contributed by atoms with Gasteiger partial charge in [0.15, 0.2) is 0 Å². The Kier molecular flexibility index (Phi) is 7.22. The van der Waals surface area contributed by atoms with E-state index in [1.54, 1.807) is 12.3 Å². The van der Waals surface area contributed by atoms with Gasteiger partial charge in [-0.15, -0.1) is 0 Å². The van der Waals surface area contributed by atoms with E-state index >= 15 is 0 Å². The standard InChI is InChI=1S/C20H23FN2O/c1-2-3-4-5-6-9-14-24-20-16(19-10-7-8-13-23-19)11-12-18(21)17(20)15-22/h7-8,10-13H,2-6,9,14H2,1H3. The molecule has 1 aromatic carbocycles. The van der Waals surface area contributed by atoms with E-state index in [1.807, 2.05) is 24.3 Å². The van der Waals surface area contributed by atoms with Crippen LogP contribution in [-0.4, -0.2) is 11.6 Å². The Labute approximate surface area is 143 Å². The summed E-state index contributed by atoms with van der Waals surface area (Å²) in [5, 5.41) is 9.28. The van der Waals surface area contributed by atoms with Crippen molar-refractivity contribution in [2.24, 2.45) is 0 Å². The Morgan fingerprint density at radius 1 is 1.08 bits per heavy atom. The molecule has 2 rings (SSSR count). The summed E-state index contributed by atoms with van der Waals surface area (Å²) in [6, 6.07) is 10.3. The summed E-state index contributed by atoms with van der Waals surface area (Å²) in [5.41, 5.74) is 1.27. The molecule has 0 saturated carbocycles. The molecule has 0 bridgehead atoms. The van der Waals surface area contributed by atoms with Crippen LogP contribution in [0.4, 0.5) is 4.39 Å². The van der Waals surface area contributed by atoms with E-state index in [2.05, 4.69) is 11.9 Å². The summed E-state index contributed by atoms with van der Waals surface area (Å²) in [6.07, 6.45) is 8.54. The lowest BCUT2D eigenvalue weighted by molar-refractivity contribution is 0.303. The summed E-state index contributed by atoms with van der Waals surface area (Å²) in [4.78, 5) is 4.28. The fraction of sp³-hybridized carbons (Fsp3) is 0.400. The molecule has 1 aromatic heterocycles. The quantitative estimate of drug-likeness (QED) is 0.572. The topological polar surface area (TPSA) is 45.9 Å². The van der Waals surface area contributed by atoms with Crippen LogP contribution >= 0.6 is 0 Å². The molecule has 0 fully saturated rings. The Morgan fingerprint density at radius 3 is 2.58 bits per heavy atom. The van der Waals surface area contributed by atoms with Crippen molar-refractivity contribution < 1.29 is 9.13 Å². The van der Waals surface area contributed by atoms with Gasteiger partial charge in [0.25, 0.3) is 0 Å². The van der Waals surface area contributed by atoms with Crippen LogP contribution < -0.4 is 4.74 Å². The Bertz CT molecular complexity index is 680. The molecular formula is C20H23FN2O. The molecule has 0 aliphatic heterocycles. The first-order valence-corrected chi connectivity index (χ1v) is 8.54. The third-order valence-electron chi connectivity index (χ3n) is 3.90. The fourth-order valence-corrected chi connectivity index (χ4v) is 2.59. The smallest absolute Gasteiger partial charge is 0.149 e. The van der Waals surface area contributed by atoms with E-state index in [-0.39, 0.29) is 5.56 Å². The number of ether oxygens (including phenoxy) is 1. The van der Waals surface area contributed by atoms with Crippen LogP contribution in [0, 0.1) is 17.1 Å². The van der Waals surface area contributed by atoms with Gasteiger partial charge in [-0.2, -0.15) is 5.26 Å². The largest absolute Gasteiger partial charge is 0.491 e. The molecule has 126 valence electrons. The van der Waals surface area contributed by atoms with E-state index in [4.69, 9.17) is 4.74 Å². The third kappa shape index (κ3) is 4.79. The SMILES string of the molecule is CCCCCCCCOc1c(-c2ccccn2)ccc(F)c1C#N. The molecule has 0 atom stereocenters. The van der Waals surface area contributed by atoms with Crippen LogP contribution in [0.25, 0.3) is 11.3 Å². The normalized spacial score (nSPS) is 10.4. The molecule has 0 aliphatic carbocycles. The molecule has 2 aromatic rings. The van der Waals surface area contributed by atoms with Gasteiger partial charge in [-0.3, -0.25) is 4.98 Å². The molecule has 1 heterocycles. The monoisotopic (exact) mass is 326 g/mol. The highest BCUT2D eigenvalue weighted by Crippen LogP contribution is 2.33. The molecule has 0 spiro atoms. The number of nitriles is 1. The molecule has 0 amide bonds. The number of pyridine rings is 1. The van der Waals surface area contributed by atoms with Gasteiger partial charge in [0.2, 0.25) is 0 Å². The average Bonchev–Trinajstić information content (AvgIpc) is 2.62. The van der Waals surface area contributed by atoms with E-state index in [9.17, 15) is 9.65 Å². The number of unbranched alkanes of at least 4 members (excludes halogenated alkanes) is 5. The molecule has 24 heavy (non-hydrogen) atoms. The number of rotatable bonds is 9. The van der Waals surface area contributed by atoms with Crippen molar-refractivity contribution in [2.45, 2.75) is 45.4 Å². The number of nitrogens with zero attached hydrogens (tertiary/aromatic N) is 2. The number of halogens is 1. The van der Waals surface area contributed by atoms with Crippen molar-refractivity contribution in [3.8, 4) is 23.1 Å². The fourth-order valence-electron chi connectivity index (χ4n) is 2.59.